The number of benzene rings is 1. The SMILES string of the molecule is NC(=O)C1CCN(C/C(N)=N/OC2CCCc3ccccc32)CC1. The normalized spacial score (nSPS) is 22.8. The maximum absolute atomic E-state index is 11.2. The maximum atomic E-state index is 11.2. The molecule has 1 saturated heterocycles. The number of amides is 1. The molecule has 0 aromatic heterocycles. The van der Waals surface area contributed by atoms with Crippen LogP contribution in [0.5, 0.6) is 0 Å². The van der Waals surface area contributed by atoms with Gasteiger partial charge in [0.15, 0.2) is 11.9 Å². The van der Waals surface area contributed by atoms with Gasteiger partial charge in [0.05, 0.1) is 6.54 Å². The number of likely N-dealkylation sites (tertiary alicyclic amines) is 1. The molecule has 6 nitrogen and oxygen atoms in total. The number of primary amides is 1. The molecular formula is C18H26N4O2. The molecule has 130 valence electrons. The van der Waals surface area contributed by atoms with Crippen molar-refractivity contribution in [2.75, 3.05) is 19.6 Å². The monoisotopic (exact) mass is 330 g/mol. The van der Waals surface area contributed by atoms with E-state index in [-0.39, 0.29) is 17.9 Å². The summed E-state index contributed by atoms with van der Waals surface area (Å²) in [5, 5.41) is 4.16. The summed E-state index contributed by atoms with van der Waals surface area (Å²) in [6.07, 6.45) is 4.76. The van der Waals surface area contributed by atoms with E-state index in [9.17, 15) is 4.79 Å². The van der Waals surface area contributed by atoms with Crippen LogP contribution in [0.25, 0.3) is 0 Å². The fourth-order valence-electron chi connectivity index (χ4n) is 3.58. The van der Waals surface area contributed by atoms with E-state index in [2.05, 4.69) is 28.3 Å². The Labute approximate surface area is 142 Å². The van der Waals surface area contributed by atoms with Crippen LogP contribution in [0.2, 0.25) is 0 Å². The molecule has 1 heterocycles. The maximum Gasteiger partial charge on any atom is 0.220 e. The highest BCUT2D eigenvalue weighted by molar-refractivity contribution is 5.82. The van der Waals surface area contributed by atoms with Crippen molar-refractivity contribution >= 4 is 11.7 Å². The molecule has 1 aliphatic carbocycles. The van der Waals surface area contributed by atoms with Gasteiger partial charge in [0.25, 0.3) is 0 Å². The molecular weight excluding hydrogens is 304 g/mol. The molecule has 1 fully saturated rings. The summed E-state index contributed by atoms with van der Waals surface area (Å²) >= 11 is 0. The highest BCUT2D eigenvalue weighted by atomic mass is 16.6. The van der Waals surface area contributed by atoms with Crippen LogP contribution in [0, 0.1) is 5.92 Å². The van der Waals surface area contributed by atoms with E-state index in [1.54, 1.807) is 0 Å². The minimum absolute atomic E-state index is 0.00518. The number of nitrogens with two attached hydrogens (primary N) is 2. The second-order valence-electron chi connectivity index (χ2n) is 6.72. The molecule has 1 atom stereocenters. The highest BCUT2D eigenvalue weighted by Gasteiger charge is 2.24. The van der Waals surface area contributed by atoms with E-state index in [1.807, 2.05) is 6.07 Å². The van der Waals surface area contributed by atoms with Crippen LogP contribution >= 0.6 is 0 Å². The number of fused-ring (bicyclic) bond motifs is 1. The third-order valence-corrected chi connectivity index (χ3v) is 4.99. The van der Waals surface area contributed by atoms with E-state index in [4.69, 9.17) is 16.3 Å². The molecule has 0 saturated carbocycles. The van der Waals surface area contributed by atoms with Crippen LogP contribution in [0.15, 0.2) is 29.4 Å². The summed E-state index contributed by atoms with van der Waals surface area (Å²) in [7, 11) is 0. The number of carbonyl (C=O) groups is 1. The molecule has 1 aliphatic heterocycles. The lowest BCUT2D eigenvalue weighted by atomic mass is 9.90. The average Bonchev–Trinajstić information content (AvgIpc) is 2.60. The summed E-state index contributed by atoms with van der Waals surface area (Å²) in [6, 6.07) is 8.37. The Morgan fingerprint density at radius 2 is 1.96 bits per heavy atom. The Morgan fingerprint density at radius 3 is 2.71 bits per heavy atom. The van der Waals surface area contributed by atoms with Crippen molar-refractivity contribution < 1.29 is 9.63 Å². The lowest BCUT2D eigenvalue weighted by molar-refractivity contribution is -0.123. The molecule has 1 aromatic carbocycles. The number of amidine groups is 1. The van der Waals surface area contributed by atoms with Gasteiger partial charge in [0.1, 0.15) is 0 Å². The summed E-state index contributed by atoms with van der Waals surface area (Å²) < 4.78 is 0. The van der Waals surface area contributed by atoms with Crippen LogP contribution in [0.4, 0.5) is 0 Å². The lowest BCUT2D eigenvalue weighted by Gasteiger charge is -2.30. The summed E-state index contributed by atoms with van der Waals surface area (Å²) in [5.74, 6) is 0.278. The van der Waals surface area contributed by atoms with Gasteiger partial charge in [-0.05, 0) is 56.3 Å². The minimum atomic E-state index is -0.199. The molecule has 1 unspecified atom stereocenters. The van der Waals surface area contributed by atoms with E-state index in [1.165, 1.54) is 11.1 Å². The first-order chi connectivity index (χ1) is 11.6. The van der Waals surface area contributed by atoms with Gasteiger partial charge in [-0.25, -0.2) is 0 Å². The molecule has 4 N–H and O–H groups in total. The van der Waals surface area contributed by atoms with Crippen LogP contribution in [-0.4, -0.2) is 36.3 Å². The number of hydrogen-bond donors (Lipinski definition) is 2. The molecule has 0 radical (unpaired) electrons. The topological polar surface area (TPSA) is 93.9 Å². The third kappa shape index (κ3) is 4.06. The molecule has 24 heavy (non-hydrogen) atoms. The first-order valence-electron chi connectivity index (χ1n) is 8.71. The Kier molecular flexibility index (Phi) is 5.35. The summed E-state index contributed by atoms with van der Waals surface area (Å²) in [5.41, 5.74) is 14.0. The van der Waals surface area contributed by atoms with E-state index < -0.39 is 0 Å². The Hall–Kier alpha value is -2.08. The van der Waals surface area contributed by atoms with Gasteiger partial charge in [0.2, 0.25) is 5.91 Å². The molecule has 1 aromatic rings. The number of oxime groups is 1. The van der Waals surface area contributed by atoms with E-state index in [0.717, 1.165) is 45.2 Å². The third-order valence-electron chi connectivity index (χ3n) is 4.99. The second-order valence-corrected chi connectivity index (χ2v) is 6.72. The van der Waals surface area contributed by atoms with Gasteiger partial charge >= 0.3 is 0 Å². The summed E-state index contributed by atoms with van der Waals surface area (Å²) in [4.78, 5) is 19.1. The number of carbonyl (C=O) groups excluding carboxylic acids is 1. The fraction of sp³-hybridized carbons (Fsp3) is 0.556. The number of aryl methyl sites for hydroxylation is 1. The summed E-state index contributed by atoms with van der Waals surface area (Å²) in [6.45, 7) is 2.20. The second kappa shape index (κ2) is 7.66. The zero-order valence-electron chi connectivity index (χ0n) is 14.0. The van der Waals surface area contributed by atoms with Crippen molar-refractivity contribution in [2.24, 2.45) is 22.5 Å². The molecule has 0 bridgehead atoms. The number of hydrogen-bond acceptors (Lipinski definition) is 4. The van der Waals surface area contributed by atoms with Crippen molar-refractivity contribution in [3.05, 3.63) is 35.4 Å². The highest BCUT2D eigenvalue weighted by Crippen LogP contribution is 2.32. The van der Waals surface area contributed by atoms with Gasteiger partial charge in [-0.2, -0.15) is 0 Å². The minimum Gasteiger partial charge on any atom is -0.386 e. The zero-order valence-corrected chi connectivity index (χ0v) is 14.0. The smallest absolute Gasteiger partial charge is 0.220 e. The van der Waals surface area contributed by atoms with Crippen LogP contribution in [0.1, 0.15) is 42.9 Å². The van der Waals surface area contributed by atoms with Crippen molar-refractivity contribution in [3.63, 3.8) is 0 Å². The first-order valence-corrected chi connectivity index (χ1v) is 8.71. The number of piperidine rings is 1. The predicted molar refractivity (Wildman–Crippen MR) is 93.2 cm³/mol. The van der Waals surface area contributed by atoms with Crippen LogP contribution in [-0.2, 0) is 16.1 Å². The first kappa shape index (κ1) is 16.8. The van der Waals surface area contributed by atoms with Crippen molar-refractivity contribution in [3.8, 4) is 0 Å². The molecule has 6 heteroatoms. The molecule has 3 rings (SSSR count). The fourth-order valence-corrected chi connectivity index (χ4v) is 3.58. The van der Waals surface area contributed by atoms with Crippen molar-refractivity contribution in [1.29, 1.82) is 0 Å². The van der Waals surface area contributed by atoms with Gasteiger partial charge in [0, 0.05) is 5.92 Å². The largest absolute Gasteiger partial charge is 0.386 e. The number of rotatable bonds is 5. The molecule has 1 amide bonds. The predicted octanol–water partition coefficient (Wildman–Crippen LogP) is 1.55. The molecule has 2 aliphatic rings. The van der Waals surface area contributed by atoms with E-state index in [0.29, 0.717) is 12.4 Å². The Bertz CT molecular complexity index is 609. The quantitative estimate of drug-likeness (QED) is 0.486. The van der Waals surface area contributed by atoms with Crippen molar-refractivity contribution in [2.45, 2.75) is 38.2 Å². The van der Waals surface area contributed by atoms with E-state index >= 15 is 0 Å². The van der Waals surface area contributed by atoms with Gasteiger partial charge in [-0.1, -0.05) is 29.4 Å². The van der Waals surface area contributed by atoms with Crippen LogP contribution in [0.3, 0.4) is 0 Å². The van der Waals surface area contributed by atoms with Gasteiger partial charge in [-0.3, -0.25) is 9.69 Å². The average molecular weight is 330 g/mol. The molecule has 0 spiro atoms. The van der Waals surface area contributed by atoms with Crippen molar-refractivity contribution in [1.82, 2.24) is 4.90 Å². The van der Waals surface area contributed by atoms with Crippen LogP contribution < -0.4 is 11.5 Å². The Morgan fingerprint density at radius 1 is 1.21 bits per heavy atom. The Balaban J connectivity index is 1.52. The van der Waals surface area contributed by atoms with Gasteiger partial charge in [-0.15, -0.1) is 0 Å². The van der Waals surface area contributed by atoms with Gasteiger partial charge < -0.3 is 16.3 Å². The lowest BCUT2D eigenvalue weighted by Crippen LogP contribution is -2.42. The number of nitrogens with zero attached hydrogens (tertiary/aromatic N) is 2. The standard InChI is InChI=1S/C18H26N4O2/c19-17(12-22-10-8-14(9-11-22)18(20)23)21-24-16-7-3-5-13-4-1-2-6-15(13)16/h1-2,4,6,14,16H,3,5,7-12H2,(H2,19,21)(H2,20,23). The zero-order chi connectivity index (χ0) is 16.9.